The highest BCUT2D eigenvalue weighted by atomic mass is 16.4. The lowest BCUT2D eigenvalue weighted by atomic mass is 10.1. The zero-order valence-electron chi connectivity index (χ0n) is 10.9. The molecule has 21 heavy (non-hydrogen) atoms. The molecule has 0 fully saturated rings. The second-order valence-corrected chi connectivity index (χ2v) is 4.52. The molecule has 3 rings (SSSR count). The van der Waals surface area contributed by atoms with E-state index in [1.165, 1.54) is 25.2 Å². The average molecular weight is 286 g/mol. The molecule has 0 radical (unpaired) electrons. The first-order chi connectivity index (χ1) is 9.97. The number of furan rings is 1. The van der Waals surface area contributed by atoms with Gasteiger partial charge in [-0.2, -0.15) is 0 Å². The first kappa shape index (κ1) is 12.9. The van der Waals surface area contributed by atoms with Gasteiger partial charge in [0.25, 0.3) is 11.8 Å². The molecule has 7 heteroatoms. The molecule has 1 aliphatic rings. The number of nitrogens with zero attached hydrogens (tertiary/aromatic N) is 1. The molecule has 0 atom stereocenters. The number of hydrogen-bond donors (Lipinski definition) is 2. The van der Waals surface area contributed by atoms with Crippen LogP contribution >= 0.6 is 0 Å². The van der Waals surface area contributed by atoms with E-state index in [9.17, 15) is 14.4 Å². The molecule has 0 saturated heterocycles. The van der Waals surface area contributed by atoms with Crippen LogP contribution in [0.15, 0.2) is 34.7 Å². The van der Waals surface area contributed by atoms with Gasteiger partial charge in [0, 0.05) is 18.8 Å². The molecule has 2 heterocycles. The fourth-order valence-corrected chi connectivity index (χ4v) is 2.10. The number of hydrogen-bond acceptors (Lipinski definition) is 5. The van der Waals surface area contributed by atoms with E-state index >= 15 is 0 Å². The molecule has 106 valence electrons. The topological polar surface area (TPSA) is 99.8 Å². The lowest BCUT2D eigenvalue weighted by Gasteiger charge is -2.04. The van der Waals surface area contributed by atoms with Gasteiger partial charge < -0.3 is 14.8 Å². The molecule has 0 bridgehead atoms. The Morgan fingerprint density at radius 2 is 1.86 bits per heavy atom. The Morgan fingerprint density at radius 1 is 1.14 bits per heavy atom. The van der Waals surface area contributed by atoms with Gasteiger partial charge in [0.05, 0.1) is 11.1 Å². The highest BCUT2D eigenvalue weighted by Crippen LogP contribution is 2.27. The van der Waals surface area contributed by atoms with Crippen molar-refractivity contribution < 1.29 is 23.9 Å². The quantitative estimate of drug-likeness (QED) is 0.836. The van der Waals surface area contributed by atoms with Crippen molar-refractivity contribution in [2.24, 2.45) is 0 Å². The van der Waals surface area contributed by atoms with E-state index in [1.54, 1.807) is 12.1 Å². The van der Waals surface area contributed by atoms with E-state index in [-0.39, 0.29) is 23.5 Å². The number of aromatic carboxylic acids is 1. The molecule has 1 aromatic carbocycles. The van der Waals surface area contributed by atoms with Crippen molar-refractivity contribution in [3.63, 3.8) is 0 Å². The molecule has 0 spiro atoms. The van der Waals surface area contributed by atoms with Gasteiger partial charge in [0.2, 0.25) is 5.76 Å². The normalized spacial score (nSPS) is 13.5. The maximum Gasteiger partial charge on any atom is 0.371 e. The molecule has 2 amide bonds. The Hall–Kier alpha value is -3.09. The number of imide groups is 1. The fourth-order valence-electron chi connectivity index (χ4n) is 2.10. The summed E-state index contributed by atoms with van der Waals surface area (Å²) in [6.45, 7) is 0. The van der Waals surface area contributed by atoms with Crippen LogP contribution in [0.2, 0.25) is 0 Å². The van der Waals surface area contributed by atoms with Crippen LogP contribution in [-0.4, -0.2) is 34.8 Å². The Bertz CT molecular complexity index is 777. The number of fused-ring (bicyclic) bond motifs is 1. The highest BCUT2D eigenvalue weighted by molar-refractivity contribution is 6.21. The monoisotopic (exact) mass is 286 g/mol. The lowest BCUT2D eigenvalue weighted by molar-refractivity contribution is 0.0659. The number of carboxylic acid groups (broad SMARTS) is 1. The standard InChI is InChI=1S/C14H10N2O5/c1-16-12(17)8-3-2-7(6-9(8)13(16)18)15-11-5-4-10(21-11)14(19)20/h2-6,15H,1H3,(H,19,20). The number of amides is 2. The van der Waals surface area contributed by atoms with Crippen LogP contribution in [0, 0.1) is 0 Å². The third-order valence-corrected chi connectivity index (χ3v) is 3.17. The van der Waals surface area contributed by atoms with Gasteiger partial charge >= 0.3 is 5.97 Å². The van der Waals surface area contributed by atoms with Crippen molar-refractivity contribution >= 4 is 29.4 Å². The minimum atomic E-state index is -1.17. The molecule has 2 N–H and O–H groups in total. The predicted octanol–water partition coefficient (Wildman–Crippen LogP) is 1.95. The summed E-state index contributed by atoms with van der Waals surface area (Å²) in [4.78, 5) is 35.4. The van der Waals surface area contributed by atoms with Crippen LogP contribution in [0.25, 0.3) is 0 Å². The molecular formula is C14H10N2O5. The first-order valence-corrected chi connectivity index (χ1v) is 6.04. The highest BCUT2D eigenvalue weighted by Gasteiger charge is 2.32. The molecule has 7 nitrogen and oxygen atoms in total. The predicted molar refractivity (Wildman–Crippen MR) is 71.8 cm³/mol. The summed E-state index contributed by atoms with van der Waals surface area (Å²) in [6.07, 6.45) is 0. The number of carbonyl (C=O) groups is 3. The molecule has 0 unspecified atom stereocenters. The van der Waals surface area contributed by atoms with E-state index in [4.69, 9.17) is 9.52 Å². The molecule has 1 aliphatic heterocycles. The van der Waals surface area contributed by atoms with Gasteiger partial charge in [0.15, 0.2) is 5.88 Å². The van der Waals surface area contributed by atoms with Gasteiger partial charge in [-0.1, -0.05) is 0 Å². The SMILES string of the molecule is CN1C(=O)c2ccc(Nc3ccc(C(=O)O)o3)cc2C1=O. The molecule has 0 aliphatic carbocycles. The van der Waals surface area contributed by atoms with E-state index in [2.05, 4.69) is 5.32 Å². The Balaban J connectivity index is 1.90. The molecular weight excluding hydrogens is 276 g/mol. The van der Waals surface area contributed by atoms with Gasteiger partial charge in [-0.25, -0.2) is 4.79 Å². The molecule has 2 aromatic rings. The van der Waals surface area contributed by atoms with Crippen molar-refractivity contribution in [1.82, 2.24) is 4.90 Å². The van der Waals surface area contributed by atoms with Gasteiger partial charge in [0.1, 0.15) is 0 Å². The van der Waals surface area contributed by atoms with Crippen molar-refractivity contribution in [1.29, 1.82) is 0 Å². The first-order valence-electron chi connectivity index (χ1n) is 6.04. The Morgan fingerprint density at radius 3 is 2.52 bits per heavy atom. The van der Waals surface area contributed by atoms with Crippen LogP contribution in [0.1, 0.15) is 31.3 Å². The van der Waals surface area contributed by atoms with E-state index in [1.807, 2.05) is 0 Å². The fraction of sp³-hybridized carbons (Fsp3) is 0.0714. The second kappa shape index (κ2) is 4.48. The third kappa shape index (κ3) is 2.04. The van der Waals surface area contributed by atoms with Crippen molar-refractivity contribution in [2.45, 2.75) is 0 Å². The van der Waals surface area contributed by atoms with Crippen LogP contribution in [-0.2, 0) is 0 Å². The van der Waals surface area contributed by atoms with E-state index < -0.39 is 5.97 Å². The number of anilines is 2. The lowest BCUT2D eigenvalue weighted by Crippen LogP contribution is -2.24. The summed E-state index contributed by atoms with van der Waals surface area (Å²) < 4.78 is 5.06. The van der Waals surface area contributed by atoms with Gasteiger partial charge in [-0.3, -0.25) is 14.5 Å². The summed E-state index contributed by atoms with van der Waals surface area (Å²) in [7, 11) is 1.42. The van der Waals surface area contributed by atoms with Crippen LogP contribution in [0.3, 0.4) is 0 Å². The number of carbonyl (C=O) groups excluding carboxylic acids is 2. The number of carboxylic acids is 1. The zero-order valence-corrected chi connectivity index (χ0v) is 10.9. The van der Waals surface area contributed by atoms with Crippen molar-refractivity contribution in [2.75, 3.05) is 12.4 Å². The third-order valence-electron chi connectivity index (χ3n) is 3.17. The minimum absolute atomic E-state index is 0.190. The van der Waals surface area contributed by atoms with Crippen molar-refractivity contribution in [3.8, 4) is 0 Å². The summed E-state index contributed by atoms with van der Waals surface area (Å²) >= 11 is 0. The number of benzene rings is 1. The zero-order chi connectivity index (χ0) is 15.1. The molecule has 0 saturated carbocycles. The summed E-state index contributed by atoms with van der Waals surface area (Å²) in [5.74, 6) is -1.83. The van der Waals surface area contributed by atoms with Crippen LogP contribution < -0.4 is 5.32 Å². The number of nitrogens with one attached hydrogen (secondary N) is 1. The van der Waals surface area contributed by atoms with E-state index in [0.29, 0.717) is 16.8 Å². The Labute approximate surface area is 118 Å². The van der Waals surface area contributed by atoms with Crippen molar-refractivity contribution in [3.05, 3.63) is 47.2 Å². The van der Waals surface area contributed by atoms with E-state index in [0.717, 1.165) is 4.90 Å². The summed E-state index contributed by atoms with van der Waals surface area (Å²) in [5.41, 5.74) is 1.17. The van der Waals surface area contributed by atoms with Crippen LogP contribution in [0.5, 0.6) is 0 Å². The number of rotatable bonds is 3. The smallest absolute Gasteiger partial charge is 0.371 e. The maximum absolute atomic E-state index is 11.9. The second-order valence-electron chi connectivity index (χ2n) is 4.52. The average Bonchev–Trinajstić information content (AvgIpc) is 3.00. The minimum Gasteiger partial charge on any atom is -0.475 e. The maximum atomic E-state index is 11.9. The molecule has 1 aromatic heterocycles. The Kier molecular flexibility index (Phi) is 2.76. The van der Waals surface area contributed by atoms with Crippen LogP contribution in [0.4, 0.5) is 11.6 Å². The summed E-state index contributed by atoms with van der Waals surface area (Å²) in [6, 6.07) is 7.48. The summed E-state index contributed by atoms with van der Waals surface area (Å²) in [5, 5.41) is 11.6. The van der Waals surface area contributed by atoms with Gasteiger partial charge in [-0.15, -0.1) is 0 Å². The van der Waals surface area contributed by atoms with Gasteiger partial charge in [-0.05, 0) is 24.3 Å². The largest absolute Gasteiger partial charge is 0.475 e.